The van der Waals surface area contributed by atoms with Gasteiger partial charge in [0.05, 0.1) is 28.2 Å². The molecule has 0 saturated heterocycles. The van der Waals surface area contributed by atoms with E-state index in [-0.39, 0.29) is 5.69 Å². The van der Waals surface area contributed by atoms with E-state index in [1.807, 2.05) is 19.9 Å². The molecule has 0 aliphatic carbocycles. The number of esters is 1. The molecule has 0 bridgehead atoms. The molecule has 0 aliphatic heterocycles. The Labute approximate surface area is 164 Å². The highest BCUT2D eigenvalue weighted by Gasteiger charge is 2.20. The third-order valence-electron chi connectivity index (χ3n) is 4.28. The number of hydrogen-bond acceptors (Lipinski definition) is 5. The maximum absolute atomic E-state index is 12.4. The van der Waals surface area contributed by atoms with Crippen LogP contribution in [0.2, 0.25) is 10.0 Å². The molecule has 0 atom stereocenters. The predicted octanol–water partition coefficient (Wildman–Crippen LogP) is 4.65. The lowest BCUT2D eigenvalue weighted by Crippen LogP contribution is -2.10. The number of halogens is 2. The molecule has 0 amide bonds. The molecular weight excluding hydrogens is 387 g/mol. The van der Waals surface area contributed by atoms with Crippen LogP contribution in [0.1, 0.15) is 21.7 Å². The molecule has 0 aliphatic rings. The van der Waals surface area contributed by atoms with Crippen molar-refractivity contribution in [2.45, 2.75) is 13.8 Å². The molecule has 0 radical (unpaired) electrons. The molecule has 6 nitrogen and oxygen atoms in total. The van der Waals surface area contributed by atoms with Crippen LogP contribution in [-0.2, 0) is 4.74 Å². The fraction of sp³-hybridized carbons (Fsp3) is 0.158. The highest BCUT2D eigenvalue weighted by Crippen LogP contribution is 2.30. The summed E-state index contributed by atoms with van der Waals surface area (Å²) in [4.78, 5) is 21.6. The monoisotopic (exact) mass is 400 g/mol. The minimum absolute atomic E-state index is 0.249. The Morgan fingerprint density at radius 2 is 1.85 bits per heavy atom. The van der Waals surface area contributed by atoms with Gasteiger partial charge in [-0.05, 0) is 43.7 Å². The Hall–Kier alpha value is -2.70. The molecule has 0 saturated carbocycles. The van der Waals surface area contributed by atoms with Crippen molar-refractivity contribution in [1.82, 2.24) is 19.6 Å². The second-order valence-electron chi connectivity index (χ2n) is 6.16. The van der Waals surface area contributed by atoms with Gasteiger partial charge in [0.1, 0.15) is 0 Å². The van der Waals surface area contributed by atoms with Gasteiger partial charge in [0.25, 0.3) is 0 Å². The van der Waals surface area contributed by atoms with Gasteiger partial charge in [0, 0.05) is 11.3 Å². The Morgan fingerprint density at radius 3 is 2.56 bits per heavy atom. The average molecular weight is 401 g/mol. The van der Waals surface area contributed by atoms with E-state index in [1.54, 1.807) is 24.3 Å². The maximum Gasteiger partial charge on any atom is 0.356 e. The maximum atomic E-state index is 12.4. The largest absolute Gasteiger partial charge is 0.464 e. The molecule has 136 valence electrons. The van der Waals surface area contributed by atoms with Crippen molar-refractivity contribution in [3.05, 3.63) is 57.3 Å². The van der Waals surface area contributed by atoms with E-state index < -0.39 is 5.97 Å². The average Bonchev–Trinajstić information content (AvgIpc) is 3.00. The zero-order chi connectivity index (χ0) is 19.3. The van der Waals surface area contributed by atoms with E-state index in [1.165, 1.54) is 11.6 Å². The normalized spacial score (nSPS) is 11.3. The van der Waals surface area contributed by atoms with Gasteiger partial charge in [-0.25, -0.2) is 19.3 Å². The van der Waals surface area contributed by atoms with Crippen LogP contribution in [-0.4, -0.2) is 32.7 Å². The lowest BCUT2D eigenvalue weighted by atomic mass is 10.1. The third-order valence-corrected chi connectivity index (χ3v) is 5.02. The molecule has 0 spiro atoms. The fourth-order valence-corrected chi connectivity index (χ4v) is 3.37. The Bertz CT molecular complexity index is 1230. The zero-order valence-corrected chi connectivity index (χ0v) is 16.3. The Balaban J connectivity index is 2.10. The number of benzene rings is 1. The fourth-order valence-electron chi connectivity index (χ4n) is 3.08. The summed E-state index contributed by atoms with van der Waals surface area (Å²) in [6.45, 7) is 3.86. The van der Waals surface area contributed by atoms with Crippen molar-refractivity contribution >= 4 is 45.9 Å². The Kier molecular flexibility index (Phi) is 4.25. The van der Waals surface area contributed by atoms with Gasteiger partial charge in [-0.15, -0.1) is 5.10 Å². The van der Waals surface area contributed by atoms with Gasteiger partial charge in [-0.3, -0.25) is 0 Å². The van der Waals surface area contributed by atoms with E-state index in [0.717, 1.165) is 22.2 Å². The van der Waals surface area contributed by atoms with Gasteiger partial charge in [-0.2, -0.15) is 0 Å². The van der Waals surface area contributed by atoms with Crippen molar-refractivity contribution in [3.8, 4) is 11.3 Å². The van der Waals surface area contributed by atoms with Crippen molar-refractivity contribution in [2.24, 2.45) is 0 Å². The number of rotatable bonds is 2. The number of ether oxygens (including phenoxy) is 1. The molecule has 4 aromatic rings. The topological polar surface area (TPSA) is 69.4 Å². The second-order valence-corrected chi connectivity index (χ2v) is 6.98. The van der Waals surface area contributed by atoms with Crippen LogP contribution in [0.15, 0.2) is 30.3 Å². The first-order valence-electron chi connectivity index (χ1n) is 8.10. The lowest BCUT2D eigenvalue weighted by molar-refractivity contribution is 0.0591. The van der Waals surface area contributed by atoms with Crippen LogP contribution < -0.4 is 0 Å². The summed E-state index contributed by atoms with van der Waals surface area (Å²) in [6.07, 6.45) is 0. The summed E-state index contributed by atoms with van der Waals surface area (Å²) in [6, 6.07) is 8.76. The van der Waals surface area contributed by atoms with Gasteiger partial charge >= 0.3 is 5.97 Å². The van der Waals surface area contributed by atoms with E-state index in [4.69, 9.17) is 32.9 Å². The number of hydrogen-bond donors (Lipinski definition) is 0. The number of carbonyl (C=O) groups excluding carboxylic acids is 1. The van der Waals surface area contributed by atoms with Crippen LogP contribution >= 0.6 is 23.2 Å². The summed E-state index contributed by atoms with van der Waals surface area (Å²) >= 11 is 12.2. The summed E-state index contributed by atoms with van der Waals surface area (Å²) in [5.74, 6) is -0.522. The molecular formula is C19H14Cl2N4O2. The van der Waals surface area contributed by atoms with E-state index in [0.29, 0.717) is 27.0 Å². The minimum Gasteiger partial charge on any atom is -0.464 e. The summed E-state index contributed by atoms with van der Waals surface area (Å²) in [5, 5.41) is 6.10. The quantitative estimate of drug-likeness (QED) is 0.457. The zero-order valence-electron chi connectivity index (χ0n) is 14.7. The van der Waals surface area contributed by atoms with Crippen LogP contribution in [0.25, 0.3) is 27.9 Å². The molecule has 1 aromatic carbocycles. The number of carbonyl (C=O) groups is 1. The van der Waals surface area contributed by atoms with Crippen molar-refractivity contribution in [3.63, 3.8) is 0 Å². The summed E-state index contributed by atoms with van der Waals surface area (Å²) in [5.41, 5.74) is 4.40. The molecule has 27 heavy (non-hydrogen) atoms. The molecule has 0 unspecified atom stereocenters. The van der Waals surface area contributed by atoms with Crippen molar-refractivity contribution in [1.29, 1.82) is 0 Å². The number of nitrogens with zero attached hydrogens (tertiary/aromatic N) is 4. The first-order chi connectivity index (χ1) is 12.9. The van der Waals surface area contributed by atoms with Crippen molar-refractivity contribution in [2.75, 3.05) is 7.11 Å². The molecule has 0 fully saturated rings. The standard InChI is InChI=1S/C19H14Cl2N4O2/c1-9-6-10(2)22-17-16(9)18-23-14(11-4-5-12(20)13(21)7-11)8-15(19(26)27-3)25(18)24-17/h4-8H,1-3H3. The molecule has 8 heteroatoms. The van der Waals surface area contributed by atoms with E-state index >= 15 is 0 Å². The number of methoxy groups -OCH3 is 1. The molecule has 0 N–H and O–H groups in total. The van der Waals surface area contributed by atoms with Gasteiger partial charge in [-0.1, -0.05) is 29.3 Å². The van der Waals surface area contributed by atoms with Crippen LogP contribution in [0.4, 0.5) is 0 Å². The second kappa shape index (κ2) is 6.48. The molecule has 4 rings (SSSR count). The van der Waals surface area contributed by atoms with Crippen molar-refractivity contribution < 1.29 is 9.53 Å². The SMILES string of the molecule is COC(=O)c1cc(-c2ccc(Cl)c(Cl)c2)nc2c3c(C)cc(C)nc3nn12. The number of fused-ring (bicyclic) bond motifs is 3. The molecule has 3 heterocycles. The smallest absolute Gasteiger partial charge is 0.356 e. The highest BCUT2D eigenvalue weighted by atomic mass is 35.5. The third kappa shape index (κ3) is 2.91. The van der Waals surface area contributed by atoms with Gasteiger partial charge in [0.15, 0.2) is 17.0 Å². The molecule has 3 aromatic heterocycles. The van der Waals surface area contributed by atoms with Crippen LogP contribution in [0.5, 0.6) is 0 Å². The van der Waals surface area contributed by atoms with Crippen LogP contribution in [0, 0.1) is 13.8 Å². The summed E-state index contributed by atoms with van der Waals surface area (Å²) in [7, 11) is 1.32. The number of aromatic nitrogens is 4. The van der Waals surface area contributed by atoms with E-state index in [2.05, 4.69) is 10.1 Å². The number of pyridine rings is 1. The lowest BCUT2D eigenvalue weighted by Gasteiger charge is -2.08. The summed E-state index contributed by atoms with van der Waals surface area (Å²) < 4.78 is 6.40. The minimum atomic E-state index is -0.522. The van der Waals surface area contributed by atoms with Crippen LogP contribution in [0.3, 0.4) is 0 Å². The Morgan fingerprint density at radius 1 is 1.07 bits per heavy atom. The highest BCUT2D eigenvalue weighted by molar-refractivity contribution is 6.42. The first kappa shape index (κ1) is 17.7. The number of aryl methyl sites for hydroxylation is 2. The first-order valence-corrected chi connectivity index (χ1v) is 8.86. The van der Waals surface area contributed by atoms with Gasteiger partial charge < -0.3 is 4.74 Å². The van der Waals surface area contributed by atoms with E-state index in [9.17, 15) is 4.79 Å². The predicted molar refractivity (Wildman–Crippen MR) is 105 cm³/mol. The van der Waals surface area contributed by atoms with Gasteiger partial charge in [0.2, 0.25) is 0 Å².